The van der Waals surface area contributed by atoms with Crippen LogP contribution in [0.4, 0.5) is 0 Å². The second kappa shape index (κ2) is 5.68. The summed E-state index contributed by atoms with van der Waals surface area (Å²) in [5, 5.41) is 4.51. The van der Waals surface area contributed by atoms with Crippen LogP contribution in [-0.2, 0) is 6.54 Å². The van der Waals surface area contributed by atoms with Crippen LogP contribution in [0.5, 0.6) is 0 Å². The lowest BCUT2D eigenvalue weighted by Gasteiger charge is -2.35. The van der Waals surface area contributed by atoms with E-state index in [9.17, 15) is 0 Å². The Morgan fingerprint density at radius 2 is 2.00 bits per heavy atom. The molecule has 0 bridgehead atoms. The maximum Gasteiger partial charge on any atom is 0.0359 e. The van der Waals surface area contributed by atoms with Gasteiger partial charge in [0.05, 0.1) is 0 Å². The van der Waals surface area contributed by atoms with Gasteiger partial charge in [-0.15, -0.1) is 0 Å². The molecule has 3 rings (SSSR count). The molecule has 0 saturated carbocycles. The summed E-state index contributed by atoms with van der Waals surface area (Å²) in [6, 6.07) is 13.8. The van der Waals surface area contributed by atoms with E-state index in [2.05, 4.69) is 52.1 Å². The number of rotatable bonds is 3. The highest BCUT2D eigenvalue weighted by molar-refractivity contribution is 7.07. The first-order valence-corrected chi connectivity index (χ1v) is 7.68. The van der Waals surface area contributed by atoms with E-state index in [-0.39, 0.29) is 0 Å². The molecule has 0 unspecified atom stereocenters. The van der Waals surface area contributed by atoms with Crippen molar-refractivity contribution in [2.45, 2.75) is 31.8 Å². The largest absolute Gasteiger partial charge is 0.292 e. The third-order valence-electron chi connectivity index (χ3n) is 3.77. The van der Waals surface area contributed by atoms with Crippen LogP contribution in [0.2, 0.25) is 0 Å². The SMILES string of the molecule is c1ccc(CN2CCCC[C@H]2c2ccsc2)cc1. The minimum Gasteiger partial charge on any atom is -0.292 e. The number of likely N-dealkylation sites (tertiary alicyclic amines) is 1. The zero-order valence-electron chi connectivity index (χ0n) is 10.6. The molecule has 0 radical (unpaired) electrons. The predicted molar refractivity (Wildman–Crippen MR) is 77.8 cm³/mol. The van der Waals surface area contributed by atoms with Crippen LogP contribution in [0.1, 0.15) is 36.4 Å². The van der Waals surface area contributed by atoms with Crippen molar-refractivity contribution in [1.82, 2.24) is 4.90 Å². The number of hydrogen-bond acceptors (Lipinski definition) is 2. The van der Waals surface area contributed by atoms with Gasteiger partial charge in [-0.3, -0.25) is 4.90 Å². The maximum absolute atomic E-state index is 2.64. The molecule has 2 aromatic rings. The smallest absolute Gasteiger partial charge is 0.0359 e. The van der Waals surface area contributed by atoms with Crippen LogP contribution in [0.15, 0.2) is 47.2 Å². The summed E-state index contributed by atoms with van der Waals surface area (Å²) in [4.78, 5) is 2.64. The first-order chi connectivity index (χ1) is 8.93. The van der Waals surface area contributed by atoms with Crippen LogP contribution >= 0.6 is 11.3 Å². The van der Waals surface area contributed by atoms with Gasteiger partial charge in [0.25, 0.3) is 0 Å². The second-order valence-electron chi connectivity index (χ2n) is 5.02. The average molecular weight is 257 g/mol. The van der Waals surface area contributed by atoms with Crippen molar-refractivity contribution < 1.29 is 0 Å². The molecule has 2 heteroatoms. The number of piperidine rings is 1. The highest BCUT2D eigenvalue weighted by Crippen LogP contribution is 2.33. The summed E-state index contributed by atoms with van der Waals surface area (Å²) < 4.78 is 0. The number of nitrogens with zero attached hydrogens (tertiary/aromatic N) is 1. The molecule has 0 N–H and O–H groups in total. The summed E-state index contributed by atoms with van der Waals surface area (Å²) in [5.74, 6) is 0. The van der Waals surface area contributed by atoms with Gasteiger partial charge in [0.15, 0.2) is 0 Å². The van der Waals surface area contributed by atoms with Gasteiger partial charge in [-0.1, -0.05) is 36.8 Å². The van der Waals surface area contributed by atoms with Crippen LogP contribution in [0.25, 0.3) is 0 Å². The number of hydrogen-bond donors (Lipinski definition) is 0. The van der Waals surface area contributed by atoms with E-state index in [0.717, 1.165) is 6.54 Å². The molecule has 1 atom stereocenters. The van der Waals surface area contributed by atoms with Gasteiger partial charge < -0.3 is 0 Å². The van der Waals surface area contributed by atoms with Gasteiger partial charge in [-0.25, -0.2) is 0 Å². The van der Waals surface area contributed by atoms with Gasteiger partial charge in [-0.2, -0.15) is 11.3 Å². The van der Waals surface area contributed by atoms with E-state index < -0.39 is 0 Å². The Morgan fingerprint density at radius 3 is 2.78 bits per heavy atom. The Bertz CT molecular complexity index is 463. The molecule has 0 amide bonds. The van der Waals surface area contributed by atoms with Gasteiger partial charge in [0.1, 0.15) is 0 Å². The van der Waals surface area contributed by atoms with Gasteiger partial charge in [-0.05, 0) is 47.3 Å². The fraction of sp³-hybridized carbons (Fsp3) is 0.375. The molecule has 18 heavy (non-hydrogen) atoms. The quantitative estimate of drug-likeness (QED) is 0.784. The first kappa shape index (κ1) is 11.9. The lowest BCUT2D eigenvalue weighted by atomic mass is 9.96. The lowest BCUT2D eigenvalue weighted by Crippen LogP contribution is -2.32. The molecule has 1 aliphatic heterocycles. The Balaban J connectivity index is 1.76. The molecule has 1 nitrogen and oxygen atoms in total. The van der Waals surface area contributed by atoms with Crippen LogP contribution in [0.3, 0.4) is 0 Å². The average Bonchev–Trinajstić information content (AvgIpc) is 2.94. The van der Waals surface area contributed by atoms with Crippen LogP contribution in [-0.4, -0.2) is 11.4 Å². The standard InChI is InChI=1S/C16H19NS/c1-2-6-14(7-3-1)12-17-10-5-4-8-16(17)15-9-11-18-13-15/h1-3,6-7,9,11,13,16H,4-5,8,10,12H2/t16-/m0/s1. The monoisotopic (exact) mass is 257 g/mol. The van der Waals surface area contributed by atoms with Crippen molar-refractivity contribution in [1.29, 1.82) is 0 Å². The minimum atomic E-state index is 0.630. The highest BCUT2D eigenvalue weighted by Gasteiger charge is 2.23. The highest BCUT2D eigenvalue weighted by atomic mass is 32.1. The summed E-state index contributed by atoms with van der Waals surface area (Å²) in [6.45, 7) is 2.32. The summed E-state index contributed by atoms with van der Waals surface area (Å²) >= 11 is 1.81. The molecule has 94 valence electrons. The molecule has 0 aliphatic carbocycles. The topological polar surface area (TPSA) is 3.24 Å². The molecule has 1 saturated heterocycles. The van der Waals surface area contributed by atoms with Crippen molar-refractivity contribution >= 4 is 11.3 Å². The van der Waals surface area contributed by atoms with E-state index >= 15 is 0 Å². The maximum atomic E-state index is 2.64. The van der Waals surface area contributed by atoms with Gasteiger partial charge in [0, 0.05) is 12.6 Å². The minimum absolute atomic E-state index is 0.630. The van der Waals surface area contributed by atoms with E-state index in [0.29, 0.717) is 6.04 Å². The Labute approximate surface area is 113 Å². The van der Waals surface area contributed by atoms with Gasteiger partial charge in [0.2, 0.25) is 0 Å². The fourth-order valence-corrected chi connectivity index (χ4v) is 3.55. The van der Waals surface area contributed by atoms with Crippen LogP contribution < -0.4 is 0 Å². The van der Waals surface area contributed by atoms with Crippen molar-refractivity contribution in [2.75, 3.05) is 6.54 Å². The number of benzene rings is 1. The summed E-state index contributed by atoms with van der Waals surface area (Å²) in [6.07, 6.45) is 4.02. The van der Waals surface area contributed by atoms with E-state index in [1.54, 1.807) is 0 Å². The van der Waals surface area contributed by atoms with Gasteiger partial charge >= 0.3 is 0 Å². The zero-order chi connectivity index (χ0) is 12.2. The van der Waals surface area contributed by atoms with Crippen molar-refractivity contribution in [3.05, 3.63) is 58.3 Å². The normalized spacial score (nSPS) is 21.0. The third-order valence-corrected chi connectivity index (χ3v) is 4.47. The van der Waals surface area contributed by atoms with E-state index in [1.165, 1.54) is 36.9 Å². The Kier molecular flexibility index (Phi) is 3.77. The van der Waals surface area contributed by atoms with E-state index in [4.69, 9.17) is 0 Å². The molecule has 2 heterocycles. The molecular weight excluding hydrogens is 238 g/mol. The molecule has 0 spiro atoms. The first-order valence-electron chi connectivity index (χ1n) is 6.73. The molecular formula is C16H19NS. The molecule has 1 fully saturated rings. The number of thiophene rings is 1. The lowest BCUT2D eigenvalue weighted by molar-refractivity contribution is 0.141. The van der Waals surface area contributed by atoms with Crippen molar-refractivity contribution in [3.63, 3.8) is 0 Å². The van der Waals surface area contributed by atoms with Crippen molar-refractivity contribution in [3.8, 4) is 0 Å². The predicted octanol–water partition coefficient (Wildman–Crippen LogP) is 4.48. The second-order valence-corrected chi connectivity index (χ2v) is 5.80. The molecule has 1 aromatic heterocycles. The van der Waals surface area contributed by atoms with E-state index in [1.807, 2.05) is 11.3 Å². The molecule has 1 aromatic carbocycles. The Morgan fingerprint density at radius 1 is 1.11 bits per heavy atom. The van der Waals surface area contributed by atoms with Crippen molar-refractivity contribution in [2.24, 2.45) is 0 Å². The zero-order valence-corrected chi connectivity index (χ0v) is 11.4. The summed E-state index contributed by atoms with van der Waals surface area (Å²) in [7, 11) is 0. The summed E-state index contributed by atoms with van der Waals surface area (Å²) in [5.41, 5.74) is 2.94. The Hall–Kier alpha value is -1.12. The third kappa shape index (κ3) is 2.65. The molecule has 1 aliphatic rings. The van der Waals surface area contributed by atoms with Crippen LogP contribution in [0, 0.1) is 0 Å². The fourth-order valence-electron chi connectivity index (χ4n) is 2.84.